The number of hydrogen-bond acceptors (Lipinski definition) is 5. The lowest BCUT2D eigenvalue weighted by Gasteiger charge is -2.12. The predicted molar refractivity (Wildman–Crippen MR) is 125 cm³/mol. The summed E-state index contributed by atoms with van der Waals surface area (Å²) in [5.74, 6) is 1.12. The lowest BCUT2D eigenvalue weighted by Crippen LogP contribution is -2.18. The molecule has 32 heavy (non-hydrogen) atoms. The highest BCUT2D eigenvalue weighted by molar-refractivity contribution is 7.71. The second-order valence-electron chi connectivity index (χ2n) is 7.15. The van der Waals surface area contributed by atoms with Crippen molar-refractivity contribution in [2.45, 2.75) is 0 Å². The summed E-state index contributed by atoms with van der Waals surface area (Å²) in [6, 6.07) is 22.1. The van der Waals surface area contributed by atoms with Gasteiger partial charge in [0.2, 0.25) is 5.88 Å². The van der Waals surface area contributed by atoms with Crippen LogP contribution in [0.1, 0.15) is 11.1 Å². The van der Waals surface area contributed by atoms with Gasteiger partial charge in [-0.15, -0.1) is 0 Å². The van der Waals surface area contributed by atoms with Crippen LogP contribution in [-0.4, -0.2) is 14.7 Å². The van der Waals surface area contributed by atoms with Crippen molar-refractivity contribution in [1.82, 2.24) is 9.55 Å². The van der Waals surface area contributed by atoms with Crippen LogP contribution in [0.15, 0.2) is 88.8 Å². The van der Waals surface area contributed by atoms with Gasteiger partial charge in [0.25, 0.3) is 5.56 Å². The fourth-order valence-corrected chi connectivity index (χ4v) is 3.76. The van der Waals surface area contributed by atoms with Gasteiger partial charge >= 0.3 is 0 Å². The summed E-state index contributed by atoms with van der Waals surface area (Å²) in [5, 5.41) is 12.6. The Morgan fingerprint density at radius 2 is 1.75 bits per heavy atom. The largest absolute Gasteiger partial charge is 0.494 e. The molecule has 0 saturated carbocycles. The molecule has 1 aromatic heterocycles. The highest BCUT2D eigenvalue weighted by Gasteiger charge is 2.12. The zero-order valence-electron chi connectivity index (χ0n) is 16.7. The van der Waals surface area contributed by atoms with E-state index in [1.165, 1.54) is 4.57 Å². The van der Waals surface area contributed by atoms with E-state index in [4.69, 9.17) is 17.0 Å². The summed E-state index contributed by atoms with van der Waals surface area (Å²) >= 11 is 5.32. The van der Waals surface area contributed by atoms with Crippen molar-refractivity contribution in [3.63, 3.8) is 0 Å². The maximum atomic E-state index is 12.6. The molecule has 0 atom stereocenters. The maximum absolute atomic E-state index is 12.6. The minimum absolute atomic E-state index is 0.0945. The monoisotopic (exact) mass is 439 g/mol. The summed E-state index contributed by atoms with van der Waals surface area (Å²) in [4.78, 5) is 19.4. The van der Waals surface area contributed by atoms with Crippen molar-refractivity contribution in [3.8, 4) is 23.1 Å². The van der Waals surface area contributed by atoms with Gasteiger partial charge in [-0.1, -0.05) is 24.3 Å². The fourth-order valence-electron chi connectivity index (χ4n) is 3.47. The Bertz CT molecular complexity index is 1590. The smallest absolute Gasteiger partial charge is 0.262 e. The number of rotatable bonds is 4. The summed E-state index contributed by atoms with van der Waals surface area (Å²) in [6.45, 7) is 0. The number of aromatic amines is 1. The molecule has 4 aromatic rings. The zero-order valence-corrected chi connectivity index (χ0v) is 17.5. The molecule has 0 fully saturated rings. The molecule has 0 spiro atoms. The third kappa shape index (κ3) is 3.77. The summed E-state index contributed by atoms with van der Waals surface area (Å²) in [7, 11) is 0. The van der Waals surface area contributed by atoms with Crippen LogP contribution in [0.5, 0.6) is 17.4 Å². The number of nitrogens with zero attached hydrogens (tertiary/aromatic N) is 2. The SMILES string of the molecule is O=c1[nH]c(=S)n(-c2ccc(Oc3ccccc3)cc2)c(O)c1C=c1ccc2c(c1)C=CN=2. The van der Waals surface area contributed by atoms with Crippen LogP contribution in [0, 0.1) is 4.77 Å². The Labute approximate surface area is 187 Å². The van der Waals surface area contributed by atoms with Gasteiger partial charge in [-0.2, -0.15) is 0 Å². The first kappa shape index (κ1) is 19.7. The van der Waals surface area contributed by atoms with Crippen molar-refractivity contribution in [1.29, 1.82) is 0 Å². The molecule has 0 aliphatic carbocycles. The molecule has 7 heteroatoms. The number of para-hydroxylation sites is 1. The van der Waals surface area contributed by atoms with Crippen molar-refractivity contribution in [3.05, 3.63) is 116 Å². The predicted octanol–water partition coefficient (Wildman–Crippen LogP) is 3.83. The molecular weight excluding hydrogens is 422 g/mol. The van der Waals surface area contributed by atoms with Crippen LogP contribution in [0.2, 0.25) is 0 Å². The molecule has 0 bridgehead atoms. The van der Waals surface area contributed by atoms with E-state index >= 15 is 0 Å². The molecule has 3 aromatic carbocycles. The third-order valence-corrected chi connectivity index (χ3v) is 5.31. The average Bonchev–Trinajstić information content (AvgIpc) is 3.26. The topological polar surface area (TPSA) is 79.6 Å². The van der Waals surface area contributed by atoms with Crippen LogP contribution in [0.4, 0.5) is 0 Å². The molecule has 156 valence electrons. The van der Waals surface area contributed by atoms with Gasteiger partial charge in [0.1, 0.15) is 17.1 Å². The number of ether oxygens (including phenoxy) is 1. The van der Waals surface area contributed by atoms with E-state index in [1.807, 2.05) is 54.6 Å². The van der Waals surface area contributed by atoms with E-state index in [0.29, 0.717) is 11.4 Å². The molecule has 5 rings (SSSR count). The Kier molecular flexibility index (Phi) is 5.01. The Morgan fingerprint density at radius 3 is 2.53 bits per heavy atom. The number of nitrogens with one attached hydrogen (secondary N) is 1. The number of benzene rings is 3. The Balaban J connectivity index is 1.55. The molecule has 0 amide bonds. The Hall–Kier alpha value is -4.23. The van der Waals surface area contributed by atoms with E-state index < -0.39 is 5.56 Å². The lowest BCUT2D eigenvalue weighted by molar-refractivity contribution is 0.431. The van der Waals surface area contributed by atoms with Gasteiger partial charge in [0.15, 0.2) is 4.77 Å². The van der Waals surface area contributed by atoms with E-state index in [-0.39, 0.29) is 16.2 Å². The second kappa shape index (κ2) is 8.13. The zero-order chi connectivity index (χ0) is 22.1. The van der Waals surface area contributed by atoms with Crippen molar-refractivity contribution in [2.75, 3.05) is 0 Å². The lowest BCUT2D eigenvalue weighted by atomic mass is 10.1. The van der Waals surface area contributed by atoms with Crippen molar-refractivity contribution in [2.24, 2.45) is 4.99 Å². The normalized spacial score (nSPS) is 12.4. The van der Waals surface area contributed by atoms with Crippen LogP contribution >= 0.6 is 12.2 Å². The number of hydrogen-bond donors (Lipinski definition) is 2. The molecular formula is C25H17N3O3S. The van der Waals surface area contributed by atoms with Gasteiger partial charge in [-0.25, -0.2) is 0 Å². The molecule has 0 saturated heterocycles. The van der Waals surface area contributed by atoms with Gasteiger partial charge in [-0.3, -0.25) is 19.3 Å². The number of aromatic nitrogens is 2. The van der Waals surface area contributed by atoms with E-state index in [9.17, 15) is 9.90 Å². The standard InChI is InChI=1S/C25H17N3O3S/c29-23-21(15-16-6-11-22-17(14-16)12-13-26-22)24(30)28(25(32)27-23)18-7-9-20(10-8-18)31-19-4-2-1-3-5-19/h1-15,30H,(H,27,29,32). The van der Waals surface area contributed by atoms with Gasteiger partial charge < -0.3 is 9.84 Å². The summed E-state index contributed by atoms with van der Waals surface area (Å²) < 4.78 is 7.32. The molecule has 2 N–H and O–H groups in total. The van der Waals surface area contributed by atoms with Crippen LogP contribution in [0.25, 0.3) is 17.8 Å². The van der Waals surface area contributed by atoms with Crippen LogP contribution in [0.3, 0.4) is 0 Å². The minimum Gasteiger partial charge on any atom is -0.494 e. The number of aromatic hydroxyl groups is 1. The molecule has 2 heterocycles. The highest BCUT2D eigenvalue weighted by Crippen LogP contribution is 2.25. The first-order valence-electron chi connectivity index (χ1n) is 9.86. The van der Waals surface area contributed by atoms with Crippen LogP contribution in [-0.2, 0) is 0 Å². The Morgan fingerprint density at radius 1 is 1.00 bits per heavy atom. The van der Waals surface area contributed by atoms with Gasteiger partial charge in [0.05, 0.1) is 11.0 Å². The first-order chi connectivity index (χ1) is 15.6. The third-order valence-electron chi connectivity index (χ3n) is 5.03. The average molecular weight is 439 g/mol. The molecule has 1 aliphatic heterocycles. The van der Waals surface area contributed by atoms with E-state index in [1.54, 1.807) is 36.5 Å². The van der Waals surface area contributed by atoms with Crippen LogP contribution < -0.4 is 20.9 Å². The molecule has 0 unspecified atom stereocenters. The van der Waals surface area contributed by atoms with Crippen molar-refractivity contribution < 1.29 is 9.84 Å². The van der Waals surface area contributed by atoms with Gasteiger partial charge in [-0.05, 0) is 78.1 Å². The van der Waals surface area contributed by atoms with E-state index in [0.717, 1.165) is 21.9 Å². The quantitative estimate of drug-likeness (QED) is 0.474. The minimum atomic E-state index is -0.464. The summed E-state index contributed by atoms with van der Waals surface area (Å²) in [6.07, 6.45) is 5.24. The second-order valence-corrected chi connectivity index (χ2v) is 7.54. The van der Waals surface area contributed by atoms with E-state index in [2.05, 4.69) is 9.98 Å². The molecule has 0 radical (unpaired) electrons. The van der Waals surface area contributed by atoms with Gasteiger partial charge in [0, 0.05) is 11.8 Å². The number of fused-ring (bicyclic) bond motifs is 1. The fraction of sp³-hybridized carbons (Fsp3) is 0. The molecule has 1 aliphatic rings. The number of H-pyrrole nitrogens is 1. The van der Waals surface area contributed by atoms with Crippen molar-refractivity contribution >= 4 is 24.4 Å². The molecule has 6 nitrogen and oxygen atoms in total. The first-order valence-corrected chi connectivity index (χ1v) is 10.3. The maximum Gasteiger partial charge on any atom is 0.262 e. The highest BCUT2D eigenvalue weighted by atomic mass is 32.1. The summed E-state index contributed by atoms with van der Waals surface area (Å²) in [5.41, 5.74) is 1.20.